The van der Waals surface area contributed by atoms with E-state index in [9.17, 15) is 18.4 Å². The summed E-state index contributed by atoms with van der Waals surface area (Å²) in [6, 6.07) is 4.24. The van der Waals surface area contributed by atoms with Crippen molar-refractivity contribution in [3.05, 3.63) is 50.4 Å². The molecule has 2 N–H and O–H groups in total. The van der Waals surface area contributed by atoms with Gasteiger partial charge in [0.1, 0.15) is 4.83 Å². The average molecular weight is 405 g/mol. The van der Waals surface area contributed by atoms with Gasteiger partial charge in [0.25, 0.3) is 11.5 Å². The van der Waals surface area contributed by atoms with Crippen molar-refractivity contribution in [1.29, 1.82) is 0 Å². The number of rotatable bonds is 3. The molecule has 0 unspecified atom stereocenters. The van der Waals surface area contributed by atoms with Crippen LogP contribution in [0.1, 0.15) is 33.0 Å². The predicted molar refractivity (Wildman–Crippen MR) is 96.1 cm³/mol. The zero-order valence-corrected chi connectivity index (χ0v) is 15.1. The minimum atomic E-state index is -3.69. The fourth-order valence-electron chi connectivity index (χ4n) is 3.48. The number of thiophene rings is 1. The van der Waals surface area contributed by atoms with Crippen LogP contribution >= 0.6 is 11.3 Å². The smallest absolute Gasteiger partial charge is 0.395 e. The van der Waals surface area contributed by atoms with E-state index in [-0.39, 0.29) is 29.4 Å². The van der Waals surface area contributed by atoms with Crippen LogP contribution in [0.15, 0.2) is 23.0 Å². The summed E-state index contributed by atoms with van der Waals surface area (Å²) in [5.41, 5.74) is 1.25. The summed E-state index contributed by atoms with van der Waals surface area (Å²) >= 11 is 1.45. The molecule has 7 nitrogen and oxygen atoms in total. The Morgan fingerprint density at radius 3 is 2.96 bits per heavy atom. The third kappa shape index (κ3) is 2.80. The summed E-state index contributed by atoms with van der Waals surface area (Å²) in [4.78, 5) is 33.4. The summed E-state index contributed by atoms with van der Waals surface area (Å²) in [7, 11) is 0. The van der Waals surface area contributed by atoms with Crippen LogP contribution in [-0.2, 0) is 19.4 Å². The molecule has 0 saturated carbocycles. The van der Waals surface area contributed by atoms with Gasteiger partial charge in [0.05, 0.1) is 5.39 Å². The van der Waals surface area contributed by atoms with E-state index in [2.05, 4.69) is 24.8 Å². The number of aromatic amines is 1. The lowest BCUT2D eigenvalue weighted by Crippen LogP contribution is -2.27. The second-order valence-electron chi connectivity index (χ2n) is 6.58. The first-order chi connectivity index (χ1) is 13.4. The van der Waals surface area contributed by atoms with Crippen molar-refractivity contribution in [2.45, 2.75) is 32.1 Å². The van der Waals surface area contributed by atoms with Gasteiger partial charge in [-0.2, -0.15) is 0 Å². The van der Waals surface area contributed by atoms with Crippen molar-refractivity contribution in [3.63, 3.8) is 0 Å². The van der Waals surface area contributed by atoms with Gasteiger partial charge >= 0.3 is 6.29 Å². The lowest BCUT2D eigenvalue weighted by molar-refractivity contribution is -0.286. The summed E-state index contributed by atoms with van der Waals surface area (Å²) < 4.78 is 34.9. The molecular formula is C18H13F2N3O4S. The number of nitrogens with one attached hydrogen (secondary N) is 2. The van der Waals surface area contributed by atoms with Crippen LogP contribution < -0.4 is 20.3 Å². The summed E-state index contributed by atoms with van der Waals surface area (Å²) in [6.07, 6.45) is -0.875. The number of aryl methyl sites for hydroxylation is 2. The van der Waals surface area contributed by atoms with E-state index in [0.29, 0.717) is 15.8 Å². The largest absolute Gasteiger partial charge is 0.586 e. The van der Waals surface area contributed by atoms with Crippen LogP contribution in [0.25, 0.3) is 10.2 Å². The van der Waals surface area contributed by atoms with E-state index in [1.807, 2.05) is 0 Å². The Bertz CT molecular complexity index is 1190. The fourth-order valence-corrected chi connectivity index (χ4v) is 4.74. The second-order valence-corrected chi connectivity index (χ2v) is 7.67. The topological polar surface area (TPSA) is 93.3 Å². The number of carbonyl (C=O) groups is 1. The minimum absolute atomic E-state index is 0.0454. The molecule has 3 heterocycles. The normalized spacial score (nSPS) is 16.4. The van der Waals surface area contributed by atoms with Gasteiger partial charge in [-0.15, -0.1) is 20.1 Å². The van der Waals surface area contributed by atoms with E-state index in [1.165, 1.54) is 29.5 Å². The Labute approximate surface area is 160 Å². The monoisotopic (exact) mass is 405 g/mol. The van der Waals surface area contributed by atoms with E-state index in [0.717, 1.165) is 29.7 Å². The predicted octanol–water partition coefficient (Wildman–Crippen LogP) is 2.72. The summed E-state index contributed by atoms with van der Waals surface area (Å²) in [5.74, 6) is -0.805. The first-order valence-corrected chi connectivity index (χ1v) is 9.43. The highest BCUT2D eigenvalue weighted by molar-refractivity contribution is 7.18. The van der Waals surface area contributed by atoms with Gasteiger partial charge in [-0.1, -0.05) is 6.07 Å². The summed E-state index contributed by atoms with van der Waals surface area (Å²) in [6.45, 7) is 0.0454. The van der Waals surface area contributed by atoms with Crippen molar-refractivity contribution < 1.29 is 23.0 Å². The number of fused-ring (bicyclic) bond motifs is 4. The number of nitrogens with zero attached hydrogens (tertiary/aromatic N) is 1. The minimum Gasteiger partial charge on any atom is -0.395 e. The number of aromatic nitrogens is 2. The molecule has 0 spiro atoms. The van der Waals surface area contributed by atoms with E-state index >= 15 is 0 Å². The first kappa shape index (κ1) is 17.1. The molecule has 0 bridgehead atoms. The van der Waals surface area contributed by atoms with Crippen LogP contribution in [0.3, 0.4) is 0 Å². The van der Waals surface area contributed by atoms with Gasteiger partial charge in [-0.25, -0.2) is 4.98 Å². The van der Waals surface area contributed by atoms with Crippen molar-refractivity contribution in [1.82, 2.24) is 15.3 Å². The van der Waals surface area contributed by atoms with Crippen LogP contribution in [0.2, 0.25) is 0 Å². The molecular weight excluding hydrogens is 392 g/mol. The lowest BCUT2D eigenvalue weighted by Gasteiger charge is -2.06. The molecule has 5 rings (SSSR count). The highest BCUT2D eigenvalue weighted by Gasteiger charge is 2.43. The molecule has 144 valence electrons. The van der Waals surface area contributed by atoms with Crippen LogP contribution in [0, 0.1) is 0 Å². The van der Waals surface area contributed by atoms with Crippen molar-refractivity contribution in [2.75, 3.05) is 0 Å². The van der Waals surface area contributed by atoms with E-state index in [4.69, 9.17) is 0 Å². The fraction of sp³-hybridized carbons (Fsp3) is 0.278. The van der Waals surface area contributed by atoms with E-state index < -0.39 is 12.2 Å². The number of halogens is 2. The number of benzene rings is 1. The third-order valence-corrected chi connectivity index (χ3v) is 5.89. The SMILES string of the molecule is O=C(NCc1ccc2c(c1)OC(F)(F)O2)c1nc2sc3c(c2c(=O)[nH]1)CCC3. The quantitative estimate of drug-likeness (QED) is 0.699. The first-order valence-electron chi connectivity index (χ1n) is 8.61. The molecule has 0 fully saturated rings. The molecule has 1 aliphatic heterocycles. The number of hydrogen-bond acceptors (Lipinski definition) is 6. The Morgan fingerprint density at radius 2 is 2.11 bits per heavy atom. The lowest BCUT2D eigenvalue weighted by atomic mass is 10.2. The molecule has 2 aromatic heterocycles. The Kier molecular flexibility index (Phi) is 3.66. The highest BCUT2D eigenvalue weighted by atomic mass is 32.1. The van der Waals surface area contributed by atoms with E-state index in [1.54, 1.807) is 0 Å². The molecule has 0 atom stereocenters. The van der Waals surface area contributed by atoms with Crippen molar-refractivity contribution in [3.8, 4) is 11.5 Å². The molecule has 2 aliphatic rings. The number of H-pyrrole nitrogens is 1. The zero-order valence-electron chi connectivity index (χ0n) is 14.3. The maximum absolute atomic E-state index is 13.1. The third-order valence-electron chi connectivity index (χ3n) is 4.71. The molecule has 3 aromatic rings. The standard InChI is InChI=1S/C18H13F2N3O4S/c19-18(20)26-10-5-4-8(6-11(10)27-18)7-21-16(25)14-22-15(24)13-9-2-1-3-12(9)28-17(13)23-14/h4-6H,1-3,7H2,(H,21,25)(H,22,23,24). The number of carbonyl (C=O) groups excluding carboxylic acids is 1. The van der Waals surface area contributed by atoms with Crippen LogP contribution in [0.4, 0.5) is 8.78 Å². The van der Waals surface area contributed by atoms with Gasteiger partial charge in [0.2, 0.25) is 5.82 Å². The number of alkyl halides is 2. The van der Waals surface area contributed by atoms with Crippen molar-refractivity contribution >= 4 is 27.5 Å². The van der Waals surface area contributed by atoms with Crippen LogP contribution in [-0.4, -0.2) is 22.2 Å². The molecule has 10 heteroatoms. The zero-order chi connectivity index (χ0) is 19.5. The second kappa shape index (κ2) is 5.99. The Balaban J connectivity index is 1.35. The highest BCUT2D eigenvalue weighted by Crippen LogP contribution is 2.41. The Morgan fingerprint density at radius 1 is 1.29 bits per heavy atom. The molecule has 1 amide bonds. The average Bonchev–Trinajstić information content (AvgIpc) is 3.29. The van der Waals surface area contributed by atoms with Gasteiger partial charge in [-0.05, 0) is 42.5 Å². The number of ether oxygens (including phenoxy) is 2. The van der Waals surface area contributed by atoms with Crippen molar-refractivity contribution in [2.24, 2.45) is 0 Å². The maximum Gasteiger partial charge on any atom is 0.586 e. The molecule has 28 heavy (non-hydrogen) atoms. The van der Waals surface area contributed by atoms with Gasteiger partial charge in [0.15, 0.2) is 11.5 Å². The number of hydrogen-bond donors (Lipinski definition) is 2. The molecule has 1 aliphatic carbocycles. The number of amides is 1. The van der Waals surface area contributed by atoms with Gasteiger partial charge in [0, 0.05) is 11.4 Å². The van der Waals surface area contributed by atoms with Crippen LogP contribution in [0.5, 0.6) is 11.5 Å². The van der Waals surface area contributed by atoms with Gasteiger partial charge in [-0.3, -0.25) is 9.59 Å². The van der Waals surface area contributed by atoms with Gasteiger partial charge < -0.3 is 19.8 Å². The molecule has 0 saturated heterocycles. The Hall–Kier alpha value is -3.01. The summed E-state index contributed by atoms with van der Waals surface area (Å²) in [5, 5.41) is 3.19. The molecule has 0 radical (unpaired) electrons. The maximum atomic E-state index is 13.1. The molecule has 1 aromatic carbocycles.